The van der Waals surface area contributed by atoms with Gasteiger partial charge in [0.1, 0.15) is 0 Å². The van der Waals surface area contributed by atoms with Crippen LogP contribution < -0.4 is 0 Å². The molecular weight excluding hydrogens is 250 g/mol. The highest BCUT2D eigenvalue weighted by molar-refractivity contribution is 5.15. The molecule has 0 aromatic carbocycles. The second-order valence-corrected chi connectivity index (χ2v) is 6.92. The molecule has 1 aliphatic carbocycles. The van der Waals surface area contributed by atoms with Crippen LogP contribution in [-0.2, 0) is 13.6 Å². The fourth-order valence-electron chi connectivity index (χ4n) is 3.92. The summed E-state index contributed by atoms with van der Waals surface area (Å²) in [4.78, 5) is 2.47. The molecule has 1 aliphatic heterocycles. The Morgan fingerprint density at radius 3 is 2.70 bits per heavy atom. The van der Waals surface area contributed by atoms with Crippen LogP contribution in [0.5, 0.6) is 0 Å². The van der Waals surface area contributed by atoms with Gasteiger partial charge < -0.3 is 5.11 Å². The topological polar surface area (TPSA) is 41.3 Å². The predicted molar refractivity (Wildman–Crippen MR) is 79.3 cm³/mol. The van der Waals surface area contributed by atoms with Crippen LogP contribution in [-0.4, -0.2) is 38.5 Å². The highest BCUT2D eigenvalue weighted by atomic mass is 16.3. The fraction of sp³-hybridized carbons (Fsp3) is 0.812. The fourth-order valence-corrected chi connectivity index (χ4v) is 3.92. The molecule has 2 fully saturated rings. The van der Waals surface area contributed by atoms with Gasteiger partial charge in [0.25, 0.3) is 0 Å². The Kier molecular flexibility index (Phi) is 3.63. The number of likely N-dealkylation sites (tertiary alicyclic amines) is 1. The monoisotopic (exact) mass is 277 g/mol. The maximum absolute atomic E-state index is 11.0. The van der Waals surface area contributed by atoms with Crippen LogP contribution in [0.15, 0.2) is 6.20 Å². The molecule has 0 spiro atoms. The minimum absolute atomic E-state index is 0.374. The number of aromatic nitrogens is 2. The average Bonchev–Trinajstić information content (AvgIpc) is 2.61. The summed E-state index contributed by atoms with van der Waals surface area (Å²) in [6.45, 7) is 7.27. The van der Waals surface area contributed by atoms with Crippen LogP contribution in [0.4, 0.5) is 0 Å². The van der Waals surface area contributed by atoms with E-state index in [1.807, 2.05) is 11.7 Å². The van der Waals surface area contributed by atoms with Crippen molar-refractivity contribution < 1.29 is 5.11 Å². The molecule has 0 radical (unpaired) electrons. The molecule has 112 valence electrons. The molecule has 1 N–H and O–H groups in total. The lowest BCUT2D eigenvalue weighted by molar-refractivity contribution is -0.128. The number of hydrogen-bond donors (Lipinski definition) is 1. The molecule has 0 bridgehead atoms. The van der Waals surface area contributed by atoms with E-state index in [0.717, 1.165) is 31.7 Å². The largest absolute Gasteiger partial charge is 0.389 e. The van der Waals surface area contributed by atoms with Crippen molar-refractivity contribution in [3.05, 3.63) is 17.5 Å². The van der Waals surface area contributed by atoms with E-state index in [1.54, 1.807) is 0 Å². The first kappa shape index (κ1) is 14.1. The molecule has 4 nitrogen and oxygen atoms in total. The van der Waals surface area contributed by atoms with Gasteiger partial charge in [-0.15, -0.1) is 0 Å². The minimum atomic E-state index is -0.404. The number of aliphatic hydroxyl groups is 1. The summed E-state index contributed by atoms with van der Waals surface area (Å²) < 4.78 is 1.89. The lowest BCUT2D eigenvalue weighted by Crippen LogP contribution is -2.56. The third kappa shape index (κ3) is 2.40. The van der Waals surface area contributed by atoms with Gasteiger partial charge in [-0.2, -0.15) is 5.10 Å². The molecule has 1 saturated heterocycles. The second kappa shape index (κ2) is 5.15. The molecule has 0 amide bonds. The van der Waals surface area contributed by atoms with Crippen LogP contribution in [0.25, 0.3) is 0 Å². The number of piperidine rings is 1. The van der Waals surface area contributed by atoms with Gasteiger partial charge in [-0.05, 0) is 38.0 Å². The van der Waals surface area contributed by atoms with Crippen molar-refractivity contribution in [2.24, 2.45) is 18.9 Å². The molecule has 2 atom stereocenters. The Hall–Kier alpha value is -0.870. The number of rotatable bonds is 3. The van der Waals surface area contributed by atoms with Gasteiger partial charge >= 0.3 is 0 Å². The number of hydrogen-bond acceptors (Lipinski definition) is 3. The number of nitrogens with zero attached hydrogens (tertiary/aromatic N) is 3. The number of aryl methyl sites for hydroxylation is 2. The minimum Gasteiger partial charge on any atom is -0.389 e. The van der Waals surface area contributed by atoms with E-state index in [4.69, 9.17) is 0 Å². The van der Waals surface area contributed by atoms with Gasteiger partial charge in [-0.1, -0.05) is 13.3 Å². The van der Waals surface area contributed by atoms with E-state index in [1.165, 1.54) is 24.8 Å². The van der Waals surface area contributed by atoms with Crippen molar-refractivity contribution in [2.75, 3.05) is 13.1 Å². The van der Waals surface area contributed by atoms with E-state index >= 15 is 0 Å². The zero-order valence-corrected chi connectivity index (χ0v) is 13.0. The van der Waals surface area contributed by atoms with Gasteiger partial charge in [0.2, 0.25) is 0 Å². The molecule has 4 heteroatoms. The molecule has 1 saturated carbocycles. The Bertz CT molecular complexity index is 480. The highest BCUT2D eigenvalue weighted by Gasteiger charge is 2.46. The van der Waals surface area contributed by atoms with Crippen molar-refractivity contribution in [3.8, 4) is 0 Å². The first-order chi connectivity index (χ1) is 9.49. The smallest absolute Gasteiger partial charge is 0.0725 e. The van der Waals surface area contributed by atoms with Gasteiger partial charge in [-0.3, -0.25) is 9.58 Å². The summed E-state index contributed by atoms with van der Waals surface area (Å²) in [5, 5.41) is 15.4. The molecule has 20 heavy (non-hydrogen) atoms. The van der Waals surface area contributed by atoms with Gasteiger partial charge in [-0.25, -0.2) is 0 Å². The summed E-state index contributed by atoms with van der Waals surface area (Å²) in [6, 6.07) is 0. The Labute approximate surface area is 121 Å². The molecule has 1 aromatic rings. The highest BCUT2D eigenvalue weighted by Crippen LogP contribution is 2.44. The maximum Gasteiger partial charge on any atom is 0.0725 e. The van der Waals surface area contributed by atoms with Crippen molar-refractivity contribution >= 4 is 0 Å². The van der Waals surface area contributed by atoms with E-state index < -0.39 is 5.60 Å². The van der Waals surface area contributed by atoms with E-state index in [-0.39, 0.29) is 0 Å². The third-order valence-electron chi connectivity index (χ3n) is 5.54. The summed E-state index contributed by atoms with van der Waals surface area (Å²) in [6.07, 6.45) is 6.80. The maximum atomic E-state index is 11.0. The zero-order valence-electron chi connectivity index (χ0n) is 13.0. The molecular formula is C16H27N3O. The van der Waals surface area contributed by atoms with Crippen molar-refractivity contribution in [3.63, 3.8) is 0 Å². The summed E-state index contributed by atoms with van der Waals surface area (Å²) in [7, 11) is 1.98. The van der Waals surface area contributed by atoms with Crippen LogP contribution in [0, 0.1) is 18.8 Å². The quantitative estimate of drug-likeness (QED) is 0.920. The standard InChI is InChI=1S/C16H27N3O/c1-12-9-19(11-14-10-18(3)17-13(14)2)8-7-16(12,20)15-5-4-6-15/h10,12,15,20H,4-9,11H2,1-3H3/t12-,16+/m1/s1. The van der Waals surface area contributed by atoms with E-state index in [0.29, 0.717) is 11.8 Å². The summed E-state index contributed by atoms with van der Waals surface area (Å²) >= 11 is 0. The van der Waals surface area contributed by atoms with Crippen molar-refractivity contribution in [1.29, 1.82) is 0 Å². The van der Waals surface area contributed by atoms with E-state index in [2.05, 4.69) is 30.0 Å². The molecule has 2 heterocycles. The lowest BCUT2D eigenvalue weighted by atomic mass is 9.65. The molecule has 3 rings (SSSR count). The Morgan fingerprint density at radius 1 is 1.45 bits per heavy atom. The summed E-state index contributed by atoms with van der Waals surface area (Å²) in [5.41, 5.74) is 2.03. The predicted octanol–water partition coefficient (Wildman–Crippen LogP) is 2.10. The van der Waals surface area contributed by atoms with Crippen LogP contribution in [0.2, 0.25) is 0 Å². The first-order valence-electron chi connectivity index (χ1n) is 7.93. The molecule has 1 aromatic heterocycles. The Balaban J connectivity index is 1.63. The van der Waals surface area contributed by atoms with Gasteiger partial charge in [0.05, 0.1) is 11.3 Å². The second-order valence-electron chi connectivity index (χ2n) is 6.92. The lowest BCUT2D eigenvalue weighted by Gasteiger charge is -2.50. The average molecular weight is 277 g/mol. The van der Waals surface area contributed by atoms with Crippen molar-refractivity contribution in [2.45, 2.75) is 51.7 Å². The zero-order chi connectivity index (χ0) is 14.3. The SMILES string of the molecule is Cc1nn(C)cc1CN1CC[C@@](O)(C2CCC2)[C@H](C)C1. The van der Waals surface area contributed by atoms with Gasteiger partial charge in [0.15, 0.2) is 0 Å². The van der Waals surface area contributed by atoms with Crippen LogP contribution in [0.1, 0.15) is 43.9 Å². The molecule has 0 unspecified atom stereocenters. The molecule has 2 aliphatic rings. The van der Waals surface area contributed by atoms with Crippen molar-refractivity contribution in [1.82, 2.24) is 14.7 Å². The summed E-state index contributed by atoms with van der Waals surface area (Å²) in [5.74, 6) is 0.929. The third-order valence-corrected chi connectivity index (χ3v) is 5.54. The van der Waals surface area contributed by atoms with E-state index in [9.17, 15) is 5.11 Å². The van der Waals surface area contributed by atoms with Crippen LogP contribution in [0.3, 0.4) is 0 Å². The normalized spacial score (nSPS) is 32.3. The first-order valence-corrected chi connectivity index (χ1v) is 7.93. The van der Waals surface area contributed by atoms with Gasteiger partial charge in [0, 0.05) is 38.4 Å². The Morgan fingerprint density at radius 2 is 2.20 bits per heavy atom. The van der Waals surface area contributed by atoms with Crippen LogP contribution >= 0.6 is 0 Å².